The molecular weight excluding hydrogens is 229 g/mol. The SMILES string of the molecule is CCNCc1cccc(F)c1-n1ccnc1CC. The normalized spacial score (nSPS) is 10.8. The van der Waals surface area contributed by atoms with Gasteiger partial charge in [-0.25, -0.2) is 9.37 Å². The van der Waals surface area contributed by atoms with Gasteiger partial charge < -0.3 is 9.88 Å². The zero-order chi connectivity index (χ0) is 13.0. The number of hydrogen-bond acceptors (Lipinski definition) is 2. The van der Waals surface area contributed by atoms with E-state index >= 15 is 0 Å². The van der Waals surface area contributed by atoms with E-state index < -0.39 is 0 Å². The number of aromatic nitrogens is 2. The van der Waals surface area contributed by atoms with Crippen LogP contribution in [0, 0.1) is 5.82 Å². The van der Waals surface area contributed by atoms with Crippen molar-refractivity contribution in [1.29, 1.82) is 0 Å². The van der Waals surface area contributed by atoms with E-state index in [-0.39, 0.29) is 5.82 Å². The summed E-state index contributed by atoms with van der Waals surface area (Å²) in [5.41, 5.74) is 1.55. The molecule has 18 heavy (non-hydrogen) atoms. The van der Waals surface area contributed by atoms with E-state index in [1.54, 1.807) is 12.3 Å². The van der Waals surface area contributed by atoms with Crippen molar-refractivity contribution in [2.24, 2.45) is 0 Å². The minimum absolute atomic E-state index is 0.210. The average molecular weight is 247 g/mol. The number of para-hydroxylation sites is 1. The summed E-state index contributed by atoms with van der Waals surface area (Å²) in [6.07, 6.45) is 4.30. The van der Waals surface area contributed by atoms with Gasteiger partial charge in [0.1, 0.15) is 11.6 Å². The maximum atomic E-state index is 14.1. The fourth-order valence-corrected chi connectivity index (χ4v) is 2.03. The van der Waals surface area contributed by atoms with E-state index in [9.17, 15) is 4.39 Å². The van der Waals surface area contributed by atoms with Gasteiger partial charge in [0.2, 0.25) is 0 Å². The van der Waals surface area contributed by atoms with Crippen LogP contribution in [0.4, 0.5) is 4.39 Å². The monoisotopic (exact) mass is 247 g/mol. The van der Waals surface area contributed by atoms with E-state index in [1.165, 1.54) is 6.07 Å². The number of hydrogen-bond donors (Lipinski definition) is 1. The molecule has 0 amide bonds. The van der Waals surface area contributed by atoms with E-state index in [2.05, 4.69) is 10.3 Å². The maximum Gasteiger partial charge on any atom is 0.147 e. The minimum atomic E-state index is -0.210. The van der Waals surface area contributed by atoms with Gasteiger partial charge in [-0.1, -0.05) is 26.0 Å². The van der Waals surface area contributed by atoms with Crippen LogP contribution >= 0.6 is 0 Å². The van der Waals surface area contributed by atoms with Crippen LogP contribution in [0.15, 0.2) is 30.6 Å². The topological polar surface area (TPSA) is 29.9 Å². The molecule has 0 aliphatic rings. The molecule has 1 N–H and O–H groups in total. The molecule has 2 rings (SSSR count). The van der Waals surface area contributed by atoms with Gasteiger partial charge in [0.25, 0.3) is 0 Å². The Hall–Kier alpha value is -1.68. The molecule has 3 nitrogen and oxygen atoms in total. The van der Waals surface area contributed by atoms with Crippen molar-refractivity contribution in [3.05, 3.63) is 47.8 Å². The fourth-order valence-electron chi connectivity index (χ4n) is 2.03. The molecule has 0 bridgehead atoms. The lowest BCUT2D eigenvalue weighted by molar-refractivity contribution is 0.607. The van der Waals surface area contributed by atoms with Crippen LogP contribution < -0.4 is 5.32 Å². The number of halogens is 1. The van der Waals surface area contributed by atoms with Crippen LogP contribution in [0.5, 0.6) is 0 Å². The Morgan fingerprint density at radius 3 is 2.89 bits per heavy atom. The molecule has 0 radical (unpaired) electrons. The number of nitrogens with zero attached hydrogens (tertiary/aromatic N) is 2. The van der Waals surface area contributed by atoms with Crippen molar-refractivity contribution in [1.82, 2.24) is 14.9 Å². The number of benzene rings is 1. The van der Waals surface area contributed by atoms with Crippen molar-refractivity contribution >= 4 is 0 Å². The molecule has 0 saturated heterocycles. The summed E-state index contributed by atoms with van der Waals surface area (Å²) in [4.78, 5) is 4.25. The van der Waals surface area contributed by atoms with Gasteiger partial charge in [-0.05, 0) is 18.2 Å². The number of imidazole rings is 1. The molecule has 1 aromatic carbocycles. The van der Waals surface area contributed by atoms with Crippen LogP contribution in [0.3, 0.4) is 0 Å². The largest absolute Gasteiger partial charge is 0.313 e. The molecule has 2 aromatic rings. The van der Waals surface area contributed by atoms with Crippen molar-refractivity contribution in [3.8, 4) is 5.69 Å². The Kier molecular flexibility index (Phi) is 4.10. The molecule has 0 atom stereocenters. The van der Waals surface area contributed by atoms with Crippen molar-refractivity contribution in [3.63, 3.8) is 0 Å². The van der Waals surface area contributed by atoms with Crippen LogP contribution in [-0.2, 0) is 13.0 Å². The van der Waals surface area contributed by atoms with E-state index in [0.717, 1.165) is 24.4 Å². The van der Waals surface area contributed by atoms with Gasteiger partial charge in [0.15, 0.2) is 0 Å². The third-order valence-electron chi connectivity index (χ3n) is 2.91. The number of rotatable bonds is 5. The highest BCUT2D eigenvalue weighted by atomic mass is 19.1. The first-order valence-corrected chi connectivity index (χ1v) is 6.28. The van der Waals surface area contributed by atoms with Gasteiger partial charge in [-0.3, -0.25) is 0 Å². The number of aryl methyl sites for hydroxylation is 1. The summed E-state index contributed by atoms with van der Waals surface area (Å²) >= 11 is 0. The Morgan fingerprint density at radius 2 is 2.17 bits per heavy atom. The molecule has 0 unspecified atom stereocenters. The molecule has 1 aromatic heterocycles. The van der Waals surface area contributed by atoms with Gasteiger partial charge in [0.05, 0.1) is 5.69 Å². The van der Waals surface area contributed by atoms with Crippen molar-refractivity contribution in [2.75, 3.05) is 6.54 Å². The molecule has 0 saturated carbocycles. The second-order valence-electron chi connectivity index (χ2n) is 4.09. The molecule has 96 valence electrons. The average Bonchev–Trinajstić information content (AvgIpc) is 2.84. The van der Waals surface area contributed by atoms with Gasteiger partial charge >= 0.3 is 0 Å². The van der Waals surface area contributed by atoms with Gasteiger partial charge in [-0.2, -0.15) is 0 Å². The Morgan fingerprint density at radius 1 is 1.33 bits per heavy atom. The van der Waals surface area contributed by atoms with Crippen molar-refractivity contribution < 1.29 is 4.39 Å². The smallest absolute Gasteiger partial charge is 0.147 e. The molecule has 0 aliphatic heterocycles. The van der Waals surface area contributed by atoms with Crippen LogP contribution in [-0.4, -0.2) is 16.1 Å². The Balaban J connectivity index is 2.48. The van der Waals surface area contributed by atoms with Crippen LogP contribution in [0.2, 0.25) is 0 Å². The standard InChI is InChI=1S/C14H18FN3/c1-3-13-17-8-9-18(13)14-11(10-16-4-2)6-5-7-12(14)15/h5-9,16H,3-4,10H2,1-2H3. The molecule has 1 heterocycles. The molecular formula is C14H18FN3. The summed E-state index contributed by atoms with van der Waals surface area (Å²) in [6, 6.07) is 5.18. The zero-order valence-electron chi connectivity index (χ0n) is 10.8. The minimum Gasteiger partial charge on any atom is -0.313 e. The van der Waals surface area contributed by atoms with E-state index in [0.29, 0.717) is 12.2 Å². The summed E-state index contributed by atoms with van der Waals surface area (Å²) in [7, 11) is 0. The quantitative estimate of drug-likeness (QED) is 0.880. The Labute approximate surface area is 107 Å². The first-order chi connectivity index (χ1) is 8.77. The lowest BCUT2D eigenvalue weighted by atomic mass is 10.1. The second kappa shape index (κ2) is 5.78. The third kappa shape index (κ3) is 2.43. The first kappa shape index (κ1) is 12.8. The maximum absolute atomic E-state index is 14.1. The van der Waals surface area contributed by atoms with E-state index in [4.69, 9.17) is 0 Å². The second-order valence-corrected chi connectivity index (χ2v) is 4.09. The molecule has 4 heteroatoms. The molecule has 0 fully saturated rings. The molecule has 0 spiro atoms. The van der Waals surface area contributed by atoms with Crippen LogP contribution in [0.1, 0.15) is 25.2 Å². The first-order valence-electron chi connectivity index (χ1n) is 6.28. The summed E-state index contributed by atoms with van der Waals surface area (Å²) in [5, 5.41) is 3.23. The van der Waals surface area contributed by atoms with Gasteiger partial charge in [-0.15, -0.1) is 0 Å². The summed E-state index contributed by atoms with van der Waals surface area (Å²) in [6.45, 7) is 5.57. The zero-order valence-corrected chi connectivity index (χ0v) is 10.8. The molecule has 0 aliphatic carbocycles. The lowest BCUT2D eigenvalue weighted by Crippen LogP contribution is -2.15. The summed E-state index contributed by atoms with van der Waals surface area (Å²) in [5.74, 6) is 0.663. The predicted molar refractivity (Wildman–Crippen MR) is 70.3 cm³/mol. The summed E-state index contributed by atoms with van der Waals surface area (Å²) < 4.78 is 15.9. The Bertz CT molecular complexity index is 520. The van der Waals surface area contributed by atoms with Crippen LogP contribution in [0.25, 0.3) is 5.69 Å². The van der Waals surface area contributed by atoms with E-state index in [1.807, 2.05) is 30.7 Å². The van der Waals surface area contributed by atoms with Gasteiger partial charge in [0, 0.05) is 25.4 Å². The fraction of sp³-hybridized carbons (Fsp3) is 0.357. The predicted octanol–water partition coefficient (Wildman–Crippen LogP) is 2.68. The number of nitrogens with one attached hydrogen (secondary N) is 1. The van der Waals surface area contributed by atoms with Crippen molar-refractivity contribution in [2.45, 2.75) is 26.8 Å². The highest BCUT2D eigenvalue weighted by Crippen LogP contribution is 2.20. The highest BCUT2D eigenvalue weighted by Gasteiger charge is 2.12. The third-order valence-corrected chi connectivity index (χ3v) is 2.91. The highest BCUT2D eigenvalue weighted by molar-refractivity contribution is 5.43. The lowest BCUT2D eigenvalue weighted by Gasteiger charge is -2.13.